The third kappa shape index (κ3) is 3.32. The zero-order chi connectivity index (χ0) is 13.8. The molecule has 106 valence electrons. The van der Waals surface area contributed by atoms with E-state index in [9.17, 15) is 4.79 Å². The van der Waals surface area contributed by atoms with Crippen molar-refractivity contribution in [2.24, 2.45) is 0 Å². The highest BCUT2D eigenvalue weighted by atomic mass is 16.5. The Bertz CT molecular complexity index is 430. The van der Waals surface area contributed by atoms with Gasteiger partial charge in [0.2, 0.25) is 11.8 Å². The van der Waals surface area contributed by atoms with Gasteiger partial charge in [0.1, 0.15) is 0 Å². The lowest BCUT2D eigenvalue weighted by Crippen LogP contribution is -2.48. The first kappa shape index (κ1) is 14.0. The van der Waals surface area contributed by atoms with Crippen molar-refractivity contribution in [2.45, 2.75) is 51.6 Å². The van der Waals surface area contributed by atoms with Crippen molar-refractivity contribution < 1.29 is 9.32 Å². The number of nitrogens with zero attached hydrogens (tertiary/aromatic N) is 3. The number of likely N-dealkylation sites (tertiary alicyclic amines) is 1. The van der Waals surface area contributed by atoms with Crippen molar-refractivity contribution in [3.63, 3.8) is 0 Å². The standard InChI is InChI=1S/C13H22N4O2/c1-9(2)12-15-11(19-16-12)8-17-7-5-4-6-10(17)13(18)14-3/h9-10H,4-8H2,1-3H3,(H,14,18)/t10-/m0/s1. The van der Waals surface area contributed by atoms with Gasteiger partial charge in [0.15, 0.2) is 5.82 Å². The molecule has 0 aromatic carbocycles. The second kappa shape index (κ2) is 6.14. The second-order valence-electron chi connectivity index (χ2n) is 5.30. The highest BCUT2D eigenvalue weighted by molar-refractivity contribution is 5.81. The lowest BCUT2D eigenvalue weighted by atomic mass is 10.0. The van der Waals surface area contributed by atoms with Gasteiger partial charge in [-0.2, -0.15) is 4.98 Å². The van der Waals surface area contributed by atoms with Gasteiger partial charge in [-0.1, -0.05) is 25.4 Å². The number of hydrogen-bond donors (Lipinski definition) is 1. The summed E-state index contributed by atoms with van der Waals surface area (Å²) in [6.45, 7) is 5.51. The van der Waals surface area contributed by atoms with Crippen molar-refractivity contribution in [3.05, 3.63) is 11.7 Å². The molecule has 2 heterocycles. The highest BCUT2D eigenvalue weighted by Gasteiger charge is 2.29. The fourth-order valence-corrected chi connectivity index (χ4v) is 2.38. The van der Waals surface area contributed by atoms with Gasteiger partial charge in [0.25, 0.3) is 0 Å². The monoisotopic (exact) mass is 266 g/mol. The van der Waals surface area contributed by atoms with E-state index < -0.39 is 0 Å². The topological polar surface area (TPSA) is 71.3 Å². The molecule has 1 aromatic rings. The molecule has 19 heavy (non-hydrogen) atoms. The van der Waals surface area contributed by atoms with Crippen LogP contribution in [0, 0.1) is 0 Å². The predicted octanol–water partition coefficient (Wildman–Crippen LogP) is 1.29. The number of amides is 1. The first-order valence-corrected chi connectivity index (χ1v) is 6.90. The molecule has 6 nitrogen and oxygen atoms in total. The number of carbonyl (C=O) groups is 1. The first-order chi connectivity index (χ1) is 9.11. The molecule has 1 aromatic heterocycles. The van der Waals surface area contributed by atoms with Crippen molar-refractivity contribution in [3.8, 4) is 0 Å². The fourth-order valence-electron chi connectivity index (χ4n) is 2.38. The Balaban J connectivity index is 2.04. The van der Waals surface area contributed by atoms with E-state index in [4.69, 9.17) is 4.52 Å². The van der Waals surface area contributed by atoms with Gasteiger partial charge in [0, 0.05) is 13.0 Å². The number of hydrogen-bond acceptors (Lipinski definition) is 5. The summed E-state index contributed by atoms with van der Waals surface area (Å²) in [7, 11) is 1.68. The van der Waals surface area contributed by atoms with Gasteiger partial charge in [-0.3, -0.25) is 9.69 Å². The van der Waals surface area contributed by atoms with Crippen LogP contribution < -0.4 is 5.32 Å². The molecule has 0 aliphatic carbocycles. The minimum atomic E-state index is -0.0758. The molecule has 1 saturated heterocycles. The molecular weight excluding hydrogens is 244 g/mol. The fraction of sp³-hybridized carbons (Fsp3) is 0.769. The van der Waals surface area contributed by atoms with Crippen molar-refractivity contribution in [2.75, 3.05) is 13.6 Å². The molecule has 1 atom stereocenters. The van der Waals surface area contributed by atoms with E-state index in [0.717, 1.165) is 31.6 Å². The van der Waals surface area contributed by atoms with Crippen molar-refractivity contribution >= 4 is 5.91 Å². The smallest absolute Gasteiger partial charge is 0.240 e. The Morgan fingerprint density at radius 3 is 2.95 bits per heavy atom. The van der Waals surface area contributed by atoms with Crippen LogP contribution >= 0.6 is 0 Å². The molecule has 1 aliphatic heterocycles. The Hall–Kier alpha value is -1.43. The van der Waals surface area contributed by atoms with E-state index in [0.29, 0.717) is 12.4 Å². The zero-order valence-corrected chi connectivity index (χ0v) is 11.8. The van der Waals surface area contributed by atoms with Gasteiger partial charge >= 0.3 is 0 Å². The number of rotatable bonds is 4. The first-order valence-electron chi connectivity index (χ1n) is 6.90. The molecule has 0 bridgehead atoms. The summed E-state index contributed by atoms with van der Waals surface area (Å²) in [5.41, 5.74) is 0. The van der Waals surface area contributed by atoms with Crippen LogP contribution in [0.2, 0.25) is 0 Å². The molecule has 0 unspecified atom stereocenters. The Kier molecular flexibility index (Phi) is 4.52. The van der Waals surface area contributed by atoms with Crippen LogP contribution in [0.5, 0.6) is 0 Å². The number of likely N-dealkylation sites (N-methyl/N-ethyl adjacent to an activating group) is 1. The minimum absolute atomic E-state index is 0.0725. The summed E-state index contributed by atoms with van der Waals surface area (Å²) < 4.78 is 5.26. The van der Waals surface area contributed by atoms with E-state index in [2.05, 4.69) is 20.4 Å². The molecule has 0 radical (unpaired) electrons. The molecule has 6 heteroatoms. The van der Waals surface area contributed by atoms with Crippen LogP contribution in [-0.4, -0.2) is 40.6 Å². The van der Waals surface area contributed by atoms with Crippen LogP contribution in [0.4, 0.5) is 0 Å². The third-order valence-corrected chi connectivity index (χ3v) is 3.50. The summed E-state index contributed by atoms with van der Waals surface area (Å²) in [5, 5.41) is 6.68. The Morgan fingerprint density at radius 1 is 1.53 bits per heavy atom. The van der Waals surface area contributed by atoms with E-state index in [1.54, 1.807) is 7.05 Å². The summed E-state index contributed by atoms with van der Waals surface area (Å²) in [5.74, 6) is 1.65. The largest absolute Gasteiger partial charge is 0.358 e. The van der Waals surface area contributed by atoms with Gasteiger partial charge in [-0.05, 0) is 19.4 Å². The minimum Gasteiger partial charge on any atom is -0.358 e. The molecule has 1 fully saturated rings. The summed E-state index contributed by atoms with van der Waals surface area (Å²) in [4.78, 5) is 18.4. The maximum Gasteiger partial charge on any atom is 0.240 e. The number of carbonyl (C=O) groups excluding carboxylic acids is 1. The van der Waals surface area contributed by atoms with Crippen molar-refractivity contribution in [1.29, 1.82) is 0 Å². The van der Waals surface area contributed by atoms with Gasteiger partial charge in [-0.25, -0.2) is 0 Å². The zero-order valence-electron chi connectivity index (χ0n) is 11.8. The highest BCUT2D eigenvalue weighted by Crippen LogP contribution is 2.20. The maximum absolute atomic E-state index is 11.9. The van der Waals surface area contributed by atoms with Gasteiger partial charge in [0.05, 0.1) is 12.6 Å². The molecule has 1 aliphatic rings. The predicted molar refractivity (Wildman–Crippen MR) is 70.5 cm³/mol. The second-order valence-corrected chi connectivity index (χ2v) is 5.30. The van der Waals surface area contributed by atoms with Crippen LogP contribution in [0.15, 0.2) is 4.52 Å². The average molecular weight is 266 g/mol. The number of nitrogens with one attached hydrogen (secondary N) is 1. The van der Waals surface area contributed by atoms with Crippen molar-refractivity contribution in [1.82, 2.24) is 20.4 Å². The van der Waals surface area contributed by atoms with Gasteiger partial charge in [-0.15, -0.1) is 0 Å². The van der Waals surface area contributed by atoms with Crippen LogP contribution in [-0.2, 0) is 11.3 Å². The molecule has 1 N–H and O–H groups in total. The summed E-state index contributed by atoms with van der Waals surface area (Å²) >= 11 is 0. The molecular formula is C13H22N4O2. The lowest BCUT2D eigenvalue weighted by molar-refractivity contribution is -0.127. The lowest BCUT2D eigenvalue weighted by Gasteiger charge is -2.33. The number of aromatic nitrogens is 2. The van der Waals surface area contributed by atoms with Crippen LogP contribution in [0.25, 0.3) is 0 Å². The van der Waals surface area contributed by atoms with Crippen LogP contribution in [0.3, 0.4) is 0 Å². The molecule has 2 rings (SSSR count). The SMILES string of the molecule is CNC(=O)[C@@H]1CCCCN1Cc1nc(C(C)C)no1. The molecule has 0 spiro atoms. The average Bonchev–Trinajstić information content (AvgIpc) is 2.87. The van der Waals surface area contributed by atoms with Crippen LogP contribution in [0.1, 0.15) is 50.7 Å². The van der Waals surface area contributed by atoms with Gasteiger partial charge < -0.3 is 9.84 Å². The van der Waals surface area contributed by atoms with E-state index in [-0.39, 0.29) is 17.9 Å². The molecule has 0 saturated carbocycles. The third-order valence-electron chi connectivity index (χ3n) is 3.50. The number of piperidine rings is 1. The van der Waals surface area contributed by atoms with E-state index in [1.807, 2.05) is 13.8 Å². The quantitative estimate of drug-likeness (QED) is 0.889. The Morgan fingerprint density at radius 2 is 2.32 bits per heavy atom. The summed E-state index contributed by atoms with van der Waals surface area (Å²) in [6, 6.07) is -0.0758. The van der Waals surface area contributed by atoms with E-state index in [1.165, 1.54) is 0 Å². The normalized spacial score (nSPS) is 20.7. The van der Waals surface area contributed by atoms with E-state index >= 15 is 0 Å². The summed E-state index contributed by atoms with van der Waals surface area (Å²) in [6.07, 6.45) is 3.10. The maximum atomic E-state index is 11.9. The Labute approximate surface area is 113 Å². The molecule has 1 amide bonds.